The molecule has 4 heteroatoms. The molecule has 4 rings (SSSR count). The highest BCUT2D eigenvalue weighted by Gasteiger charge is 2.41. The first-order valence-corrected chi connectivity index (χ1v) is 9.84. The summed E-state index contributed by atoms with van der Waals surface area (Å²) in [6, 6.07) is 15.1. The third kappa shape index (κ3) is 3.54. The lowest BCUT2D eigenvalue weighted by Gasteiger charge is -2.25. The quantitative estimate of drug-likeness (QED) is 0.802. The second-order valence-corrected chi connectivity index (χ2v) is 8.25. The van der Waals surface area contributed by atoms with Crippen LogP contribution in [0.25, 0.3) is 0 Å². The van der Waals surface area contributed by atoms with E-state index in [0.29, 0.717) is 24.2 Å². The fourth-order valence-corrected chi connectivity index (χ4v) is 3.88. The summed E-state index contributed by atoms with van der Waals surface area (Å²) >= 11 is 0. The van der Waals surface area contributed by atoms with E-state index in [1.54, 1.807) is 4.90 Å². The van der Waals surface area contributed by atoms with E-state index in [4.69, 9.17) is 0 Å². The number of quaternary nitrogens is 1. The first-order chi connectivity index (χ1) is 12.9. The van der Waals surface area contributed by atoms with Crippen molar-refractivity contribution in [3.8, 4) is 0 Å². The molecular weight excluding hydrogens is 336 g/mol. The standard InChI is InChI=1S/C23H26N2O2/c1-15(2)18-7-5-17(6-8-18)13-24(19-9-10-19)14-25-21-11-4-16(3)12-20(21)22(26)23(25)27/h4-8,11-12,15,19H,9-10,13-14H2,1-3H3/p+1. The molecule has 2 aromatic rings. The summed E-state index contributed by atoms with van der Waals surface area (Å²) in [5.74, 6) is -0.229. The normalized spacial score (nSPS) is 17.6. The molecule has 4 nitrogen and oxygen atoms in total. The van der Waals surface area contributed by atoms with E-state index < -0.39 is 0 Å². The molecule has 140 valence electrons. The van der Waals surface area contributed by atoms with Gasteiger partial charge in [0.25, 0.3) is 5.78 Å². The third-order valence-corrected chi connectivity index (χ3v) is 5.72. The Kier molecular flexibility index (Phi) is 4.60. The smallest absolute Gasteiger partial charge is 0.303 e. The zero-order valence-corrected chi connectivity index (χ0v) is 16.3. The van der Waals surface area contributed by atoms with E-state index in [2.05, 4.69) is 38.1 Å². The molecule has 1 aliphatic heterocycles. The van der Waals surface area contributed by atoms with Crippen LogP contribution < -0.4 is 9.80 Å². The van der Waals surface area contributed by atoms with Crippen molar-refractivity contribution in [2.75, 3.05) is 11.6 Å². The molecule has 2 aliphatic rings. The molecule has 1 N–H and O–H groups in total. The number of nitrogens with one attached hydrogen (secondary N) is 1. The van der Waals surface area contributed by atoms with Crippen LogP contribution in [0.1, 0.15) is 59.7 Å². The van der Waals surface area contributed by atoms with E-state index >= 15 is 0 Å². The molecule has 1 aliphatic carbocycles. The van der Waals surface area contributed by atoms with Crippen LogP contribution in [-0.2, 0) is 11.3 Å². The molecule has 1 fully saturated rings. The number of nitrogens with zero attached hydrogens (tertiary/aromatic N) is 1. The molecule has 1 amide bonds. The van der Waals surface area contributed by atoms with Crippen molar-refractivity contribution < 1.29 is 14.5 Å². The fraction of sp³-hybridized carbons (Fsp3) is 0.391. The number of rotatable bonds is 6. The third-order valence-electron chi connectivity index (χ3n) is 5.72. The van der Waals surface area contributed by atoms with Gasteiger partial charge in [-0.25, -0.2) is 0 Å². The second-order valence-electron chi connectivity index (χ2n) is 8.25. The van der Waals surface area contributed by atoms with Gasteiger partial charge in [-0.1, -0.05) is 49.7 Å². The molecule has 0 radical (unpaired) electrons. The molecule has 0 bridgehead atoms. The number of Topliss-reactive ketones (excluding diaryl/α,β-unsaturated/α-hetero) is 1. The van der Waals surface area contributed by atoms with Gasteiger partial charge >= 0.3 is 5.91 Å². The first kappa shape index (κ1) is 17.9. The largest absolute Gasteiger partial charge is 0.311 e. The van der Waals surface area contributed by atoms with Gasteiger partial charge in [-0.3, -0.25) is 14.5 Å². The predicted octanol–water partition coefficient (Wildman–Crippen LogP) is 2.85. The van der Waals surface area contributed by atoms with Crippen LogP contribution in [0, 0.1) is 6.92 Å². The maximum Gasteiger partial charge on any atom is 0.303 e. The van der Waals surface area contributed by atoms with Gasteiger partial charge in [0.15, 0.2) is 6.67 Å². The highest BCUT2D eigenvalue weighted by atomic mass is 16.2. The number of amides is 1. The van der Waals surface area contributed by atoms with E-state index in [1.165, 1.54) is 28.9 Å². The van der Waals surface area contributed by atoms with E-state index in [-0.39, 0.29) is 11.7 Å². The maximum absolute atomic E-state index is 12.6. The monoisotopic (exact) mass is 363 g/mol. The lowest BCUT2D eigenvalue weighted by Crippen LogP contribution is -3.13. The van der Waals surface area contributed by atoms with Crippen molar-refractivity contribution in [2.45, 2.75) is 52.1 Å². The number of carbonyl (C=O) groups excluding carboxylic acids is 2. The number of benzene rings is 2. The number of ketones is 1. The SMILES string of the molecule is Cc1ccc2c(c1)C(=O)C(=O)N2C[NH+](Cc1ccc(C(C)C)cc1)C1CC1. The Morgan fingerprint density at radius 2 is 1.78 bits per heavy atom. The Bertz CT molecular complexity index is 882. The lowest BCUT2D eigenvalue weighted by atomic mass is 10.0. The van der Waals surface area contributed by atoms with Crippen LogP contribution in [-0.4, -0.2) is 24.4 Å². The number of carbonyl (C=O) groups is 2. The van der Waals surface area contributed by atoms with Crippen LogP contribution in [0.4, 0.5) is 5.69 Å². The van der Waals surface area contributed by atoms with Crippen molar-refractivity contribution in [1.82, 2.24) is 0 Å². The Balaban J connectivity index is 1.54. The van der Waals surface area contributed by atoms with Gasteiger partial charge in [0.05, 0.1) is 17.3 Å². The minimum atomic E-state index is -0.385. The summed E-state index contributed by atoms with van der Waals surface area (Å²) in [5.41, 5.74) is 4.95. The van der Waals surface area contributed by atoms with Crippen molar-refractivity contribution in [2.24, 2.45) is 0 Å². The van der Waals surface area contributed by atoms with Crippen molar-refractivity contribution in [1.29, 1.82) is 0 Å². The maximum atomic E-state index is 12.6. The van der Waals surface area contributed by atoms with Crippen molar-refractivity contribution >= 4 is 17.4 Å². The number of fused-ring (bicyclic) bond motifs is 1. The number of anilines is 1. The molecule has 2 aromatic carbocycles. The lowest BCUT2D eigenvalue weighted by molar-refractivity contribution is -0.923. The van der Waals surface area contributed by atoms with E-state index in [9.17, 15) is 9.59 Å². The summed E-state index contributed by atoms with van der Waals surface area (Å²) in [6.45, 7) is 7.78. The van der Waals surface area contributed by atoms with Crippen LogP contribution in [0.15, 0.2) is 42.5 Å². The van der Waals surface area contributed by atoms with Gasteiger partial charge < -0.3 is 4.90 Å². The van der Waals surface area contributed by atoms with Crippen molar-refractivity contribution in [3.05, 3.63) is 64.7 Å². The molecule has 27 heavy (non-hydrogen) atoms. The van der Waals surface area contributed by atoms with Crippen molar-refractivity contribution in [3.63, 3.8) is 0 Å². The van der Waals surface area contributed by atoms with Gasteiger partial charge in [-0.2, -0.15) is 0 Å². The number of hydrogen-bond acceptors (Lipinski definition) is 2. The van der Waals surface area contributed by atoms with Crippen LogP contribution >= 0.6 is 0 Å². The summed E-state index contributed by atoms with van der Waals surface area (Å²) in [7, 11) is 0. The summed E-state index contributed by atoms with van der Waals surface area (Å²) in [6.07, 6.45) is 2.38. The average molecular weight is 363 g/mol. The summed E-state index contributed by atoms with van der Waals surface area (Å²) < 4.78 is 0. The second kappa shape index (κ2) is 6.93. The van der Waals surface area contributed by atoms with Crippen LogP contribution in [0.5, 0.6) is 0 Å². The van der Waals surface area contributed by atoms with E-state index in [0.717, 1.165) is 17.8 Å². The van der Waals surface area contributed by atoms with Gasteiger partial charge in [0.1, 0.15) is 6.54 Å². The average Bonchev–Trinajstić information content (AvgIpc) is 3.46. The zero-order valence-electron chi connectivity index (χ0n) is 16.3. The number of hydrogen-bond donors (Lipinski definition) is 1. The molecule has 1 saturated carbocycles. The highest BCUT2D eigenvalue weighted by molar-refractivity contribution is 6.52. The van der Waals surface area contributed by atoms with Gasteiger partial charge in [0, 0.05) is 18.4 Å². The Morgan fingerprint density at radius 1 is 1.07 bits per heavy atom. The summed E-state index contributed by atoms with van der Waals surface area (Å²) in [4.78, 5) is 28.0. The minimum absolute atomic E-state index is 0.370. The van der Waals surface area contributed by atoms with Gasteiger partial charge in [0.2, 0.25) is 0 Å². The minimum Gasteiger partial charge on any atom is -0.311 e. The Morgan fingerprint density at radius 3 is 2.41 bits per heavy atom. The first-order valence-electron chi connectivity index (χ1n) is 9.84. The van der Waals surface area contributed by atoms with Gasteiger partial charge in [-0.05, 0) is 30.5 Å². The Labute approximate surface area is 160 Å². The van der Waals surface area contributed by atoms with Crippen LogP contribution in [0.2, 0.25) is 0 Å². The molecule has 1 unspecified atom stereocenters. The number of aryl methyl sites for hydroxylation is 1. The highest BCUT2D eigenvalue weighted by Crippen LogP contribution is 2.29. The summed E-state index contributed by atoms with van der Waals surface area (Å²) in [5, 5.41) is 0. The predicted molar refractivity (Wildman–Crippen MR) is 106 cm³/mol. The fourth-order valence-electron chi connectivity index (χ4n) is 3.88. The van der Waals surface area contributed by atoms with Crippen LogP contribution in [0.3, 0.4) is 0 Å². The Hall–Kier alpha value is -2.46. The van der Waals surface area contributed by atoms with E-state index in [1.807, 2.05) is 25.1 Å². The van der Waals surface area contributed by atoms with Gasteiger partial charge in [-0.15, -0.1) is 0 Å². The molecule has 1 heterocycles. The molecule has 0 spiro atoms. The molecule has 0 saturated heterocycles. The molecule has 0 aromatic heterocycles. The molecule has 1 atom stereocenters. The zero-order chi connectivity index (χ0) is 19.1. The topological polar surface area (TPSA) is 41.8 Å². The molecular formula is C23H27N2O2+.